The van der Waals surface area contributed by atoms with Crippen LogP contribution in [0.25, 0.3) is 0 Å². The zero-order valence-corrected chi connectivity index (χ0v) is 12.8. The lowest BCUT2D eigenvalue weighted by molar-refractivity contribution is 0.0950. The Morgan fingerprint density at radius 3 is 2.81 bits per heavy atom. The number of nitrogens with one attached hydrogen (secondary N) is 2. The summed E-state index contributed by atoms with van der Waals surface area (Å²) in [5.74, 6) is 1.80. The number of ether oxygens (including phenoxy) is 2. The van der Waals surface area contributed by atoms with Gasteiger partial charge in [0.05, 0.1) is 14.2 Å². The van der Waals surface area contributed by atoms with Crippen LogP contribution in [0.5, 0.6) is 11.5 Å². The fourth-order valence-electron chi connectivity index (χ4n) is 2.64. The summed E-state index contributed by atoms with van der Waals surface area (Å²) in [6.45, 7) is 2.89. The molecule has 5 heteroatoms. The molecule has 1 aromatic carbocycles. The van der Waals surface area contributed by atoms with E-state index in [9.17, 15) is 4.79 Å². The molecule has 1 saturated heterocycles. The van der Waals surface area contributed by atoms with Gasteiger partial charge in [-0.3, -0.25) is 4.79 Å². The summed E-state index contributed by atoms with van der Waals surface area (Å²) in [5, 5.41) is 6.36. The van der Waals surface area contributed by atoms with E-state index < -0.39 is 0 Å². The molecule has 0 aromatic heterocycles. The van der Waals surface area contributed by atoms with Gasteiger partial charge in [-0.05, 0) is 56.5 Å². The van der Waals surface area contributed by atoms with E-state index in [1.807, 2.05) is 0 Å². The Morgan fingerprint density at radius 1 is 1.33 bits per heavy atom. The smallest absolute Gasteiger partial charge is 0.251 e. The maximum Gasteiger partial charge on any atom is 0.251 e. The third kappa shape index (κ3) is 4.36. The summed E-state index contributed by atoms with van der Waals surface area (Å²) in [7, 11) is 3.14. The molecule has 116 valence electrons. The van der Waals surface area contributed by atoms with Gasteiger partial charge in [-0.15, -0.1) is 0 Å². The van der Waals surface area contributed by atoms with Crippen molar-refractivity contribution in [3.05, 3.63) is 23.8 Å². The largest absolute Gasteiger partial charge is 0.493 e. The molecule has 1 atom stereocenters. The van der Waals surface area contributed by atoms with Crippen LogP contribution in [0, 0.1) is 5.92 Å². The highest BCUT2D eigenvalue weighted by Gasteiger charge is 2.14. The highest BCUT2D eigenvalue weighted by Crippen LogP contribution is 2.27. The Morgan fingerprint density at radius 2 is 2.14 bits per heavy atom. The first-order chi connectivity index (χ1) is 10.2. The summed E-state index contributed by atoms with van der Waals surface area (Å²) >= 11 is 0. The monoisotopic (exact) mass is 292 g/mol. The van der Waals surface area contributed by atoms with Crippen molar-refractivity contribution in [1.82, 2.24) is 10.6 Å². The highest BCUT2D eigenvalue weighted by atomic mass is 16.5. The molecule has 0 spiro atoms. The van der Waals surface area contributed by atoms with Crippen molar-refractivity contribution in [2.45, 2.75) is 19.3 Å². The first-order valence-electron chi connectivity index (χ1n) is 7.45. The zero-order chi connectivity index (χ0) is 15.1. The molecule has 1 aliphatic heterocycles. The van der Waals surface area contributed by atoms with Crippen molar-refractivity contribution in [2.75, 3.05) is 33.9 Å². The maximum atomic E-state index is 12.1. The number of methoxy groups -OCH3 is 2. The van der Waals surface area contributed by atoms with E-state index >= 15 is 0 Å². The molecular weight excluding hydrogens is 268 g/mol. The van der Waals surface area contributed by atoms with E-state index in [0.29, 0.717) is 29.5 Å². The number of carbonyl (C=O) groups excluding carboxylic acids is 1. The van der Waals surface area contributed by atoms with Crippen molar-refractivity contribution in [2.24, 2.45) is 5.92 Å². The molecule has 0 aliphatic carbocycles. The zero-order valence-electron chi connectivity index (χ0n) is 12.8. The van der Waals surface area contributed by atoms with Crippen LogP contribution in [0.15, 0.2) is 18.2 Å². The van der Waals surface area contributed by atoms with Crippen LogP contribution in [0.4, 0.5) is 0 Å². The van der Waals surface area contributed by atoms with Crippen molar-refractivity contribution in [1.29, 1.82) is 0 Å². The van der Waals surface area contributed by atoms with Gasteiger partial charge in [0.1, 0.15) is 0 Å². The van der Waals surface area contributed by atoms with Crippen LogP contribution in [0.3, 0.4) is 0 Å². The molecule has 2 rings (SSSR count). The molecule has 1 fully saturated rings. The lowest BCUT2D eigenvalue weighted by atomic mass is 9.96. The molecule has 5 nitrogen and oxygen atoms in total. The molecular formula is C16H24N2O3. The third-order valence-corrected chi connectivity index (χ3v) is 3.88. The minimum absolute atomic E-state index is 0.0697. The molecule has 0 radical (unpaired) electrons. The quantitative estimate of drug-likeness (QED) is 0.840. The first kappa shape index (κ1) is 15.6. The van der Waals surface area contributed by atoms with Crippen molar-refractivity contribution < 1.29 is 14.3 Å². The van der Waals surface area contributed by atoms with E-state index in [0.717, 1.165) is 19.5 Å². The van der Waals surface area contributed by atoms with Gasteiger partial charge in [0, 0.05) is 12.1 Å². The predicted molar refractivity (Wildman–Crippen MR) is 82.1 cm³/mol. The summed E-state index contributed by atoms with van der Waals surface area (Å²) in [5.41, 5.74) is 0.592. The van der Waals surface area contributed by atoms with E-state index in [1.165, 1.54) is 12.8 Å². The van der Waals surface area contributed by atoms with Gasteiger partial charge in [-0.2, -0.15) is 0 Å². The number of hydrogen-bond acceptors (Lipinski definition) is 4. The number of rotatable bonds is 6. The Bertz CT molecular complexity index is 471. The molecule has 1 aliphatic rings. The number of hydrogen-bond donors (Lipinski definition) is 2. The van der Waals surface area contributed by atoms with Gasteiger partial charge in [0.2, 0.25) is 0 Å². The molecule has 1 aromatic rings. The molecule has 1 heterocycles. The van der Waals surface area contributed by atoms with E-state index in [2.05, 4.69) is 10.6 Å². The van der Waals surface area contributed by atoms with Crippen LogP contribution >= 0.6 is 0 Å². The summed E-state index contributed by atoms with van der Waals surface area (Å²) in [6, 6.07) is 5.20. The van der Waals surface area contributed by atoms with Gasteiger partial charge >= 0.3 is 0 Å². The van der Waals surface area contributed by atoms with Gasteiger partial charge in [-0.1, -0.05) is 0 Å². The second-order valence-electron chi connectivity index (χ2n) is 5.33. The lowest BCUT2D eigenvalue weighted by Crippen LogP contribution is -2.33. The normalized spacial score (nSPS) is 18.1. The van der Waals surface area contributed by atoms with Gasteiger partial charge in [0.15, 0.2) is 11.5 Å². The minimum atomic E-state index is -0.0697. The minimum Gasteiger partial charge on any atom is -0.493 e. The number of amides is 1. The topological polar surface area (TPSA) is 59.6 Å². The van der Waals surface area contributed by atoms with Crippen LogP contribution < -0.4 is 20.1 Å². The van der Waals surface area contributed by atoms with E-state index in [4.69, 9.17) is 9.47 Å². The first-order valence-corrected chi connectivity index (χ1v) is 7.45. The number of benzene rings is 1. The van der Waals surface area contributed by atoms with Crippen LogP contribution in [-0.4, -0.2) is 39.8 Å². The van der Waals surface area contributed by atoms with E-state index in [1.54, 1.807) is 32.4 Å². The second kappa shape index (κ2) is 7.88. The Balaban J connectivity index is 1.85. The third-order valence-electron chi connectivity index (χ3n) is 3.88. The van der Waals surface area contributed by atoms with Gasteiger partial charge in [0.25, 0.3) is 5.91 Å². The fraction of sp³-hybridized carbons (Fsp3) is 0.562. The van der Waals surface area contributed by atoms with Crippen molar-refractivity contribution in [3.63, 3.8) is 0 Å². The van der Waals surface area contributed by atoms with E-state index in [-0.39, 0.29) is 5.91 Å². The van der Waals surface area contributed by atoms with Crippen molar-refractivity contribution >= 4 is 5.91 Å². The van der Waals surface area contributed by atoms with Crippen LogP contribution in [-0.2, 0) is 0 Å². The van der Waals surface area contributed by atoms with Crippen molar-refractivity contribution in [3.8, 4) is 11.5 Å². The Labute approximate surface area is 126 Å². The molecule has 2 N–H and O–H groups in total. The Hall–Kier alpha value is -1.75. The van der Waals surface area contributed by atoms with Gasteiger partial charge in [-0.25, -0.2) is 0 Å². The Kier molecular flexibility index (Phi) is 5.87. The number of carbonyl (C=O) groups is 1. The summed E-state index contributed by atoms with van der Waals surface area (Å²) < 4.78 is 10.4. The van der Waals surface area contributed by atoms with Gasteiger partial charge < -0.3 is 20.1 Å². The molecule has 1 unspecified atom stereocenters. The maximum absolute atomic E-state index is 12.1. The second-order valence-corrected chi connectivity index (χ2v) is 5.33. The molecule has 0 bridgehead atoms. The summed E-state index contributed by atoms with van der Waals surface area (Å²) in [6.07, 6.45) is 3.50. The molecule has 21 heavy (non-hydrogen) atoms. The molecule has 1 amide bonds. The van der Waals surface area contributed by atoms with Crippen LogP contribution in [0.1, 0.15) is 29.6 Å². The standard InChI is InChI=1S/C16H24N2O3/c1-20-14-6-5-13(10-15(14)21-2)16(19)18-9-7-12-4-3-8-17-11-12/h5-6,10,12,17H,3-4,7-9,11H2,1-2H3,(H,18,19). The fourth-order valence-corrected chi connectivity index (χ4v) is 2.64. The van der Waals surface area contributed by atoms with Crippen LogP contribution in [0.2, 0.25) is 0 Å². The summed E-state index contributed by atoms with van der Waals surface area (Å²) in [4.78, 5) is 12.1. The molecule has 0 saturated carbocycles. The average molecular weight is 292 g/mol. The number of piperidine rings is 1. The average Bonchev–Trinajstić information content (AvgIpc) is 2.55. The SMILES string of the molecule is COc1ccc(C(=O)NCCC2CCCNC2)cc1OC. The predicted octanol–water partition coefficient (Wildman–Crippen LogP) is 1.82. The highest BCUT2D eigenvalue weighted by molar-refractivity contribution is 5.94. The lowest BCUT2D eigenvalue weighted by Gasteiger charge is -2.22.